The Morgan fingerprint density at radius 3 is 1.38 bits per heavy atom. The Morgan fingerprint density at radius 1 is 0.471 bits per heavy atom. The van der Waals surface area contributed by atoms with Crippen molar-refractivity contribution >= 4 is 11.9 Å². The molecular weight excluding hydrogens is 839 g/mol. The van der Waals surface area contributed by atoms with Crippen molar-refractivity contribution in [3.63, 3.8) is 0 Å². The van der Waals surface area contributed by atoms with Crippen LogP contribution in [-0.2, 0) is 14.3 Å². The summed E-state index contributed by atoms with van der Waals surface area (Å²) in [7, 11) is 0. The van der Waals surface area contributed by atoms with E-state index in [4.69, 9.17) is 4.74 Å². The molecule has 6 nitrogen and oxygen atoms in total. The van der Waals surface area contributed by atoms with Gasteiger partial charge in [0.05, 0.1) is 25.2 Å². The summed E-state index contributed by atoms with van der Waals surface area (Å²) in [5.41, 5.74) is 0. The third-order valence-corrected chi connectivity index (χ3v) is 11.9. The van der Waals surface area contributed by atoms with Gasteiger partial charge in [-0.3, -0.25) is 9.59 Å². The van der Waals surface area contributed by atoms with E-state index in [1.165, 1.54) is 96.3 Å². The third-order valence-electron chi connectivity index (χ3n) is 11.9. The molecule has 0 aliphatic rings. The van der Waals surface area contributed by atoms with Gasteiger partial charge in [0, 0.05) is 6.42 Å². The zero-order valence-electron chi connectivity index (χ0n) is 43.9. The van der Waals surface area contributed by atoms with E-state index in [0.29, 0.717) is 19.3 Å². The number of esters is 1. The van der Waals surface area contributed by atoms with E-state index in [2.05, 4.69) is 111 Å². The molecule has 386 valence electrons. The first-order valence-corrected chi connectivity index (χ1v) is 27.8. The fraction of sp³-hybridized carbons (Fsp3) is 0.645. The van der Waals surface area contributed by atoms with Gasteiger partial charge >= 0.3 is 5.97 Å². The van der Waals surface area contributed by atoms with Gasteiger partial charge in [0.25, 0.3) is 0 Å². The predicted octanol–water partition coefficient (Wildman–Crippen LogP) is 17.2. The van der Waals surface area contributed by atoms with Gasteiger partial charge in [0.15, 0.2) is 0 Å². The fourth-order valence-electron chi connectivity index (χ4n) is 7.72. The van der Waals surface area contributed by atoms with E-state index in [9.17, 15) is 19.8 Å². The number of unbranched alkanes of at least 4 members (excludes halogenated alkanes) is 22. The Kier molecular flexibility index (Phi) is 51.2. The standard InChI is InChI=1S/C62H103NO5/c1-4-7-10-13-16-19-22-25-28-30-32-34-37-40-43-46-49-52-55-62(67)68-58(53-50-47-44-41-38-35-27-24-21-18-15-12-9-6-3)56-61(66)63-59(57-64)60(65)54-51-48-45-42-39-36-33-31-29-26-23-20-17-14-11-8-5-2/h9-10,12-13,16,18-19,21-22,25,27-28,30,32,34-35,41,44,50,53,58-60,64-65H,4-8,11,14-15,17,20,23-24,26,29,31,33,36-40,42-43,45-49,51-52,54-57H2,1-3H3,(H,63,66)/b12-9+,13-10+,19-16+,21-18+,25-22+,30-28+,34-32+,35-27+,44-41+,53-50+. The molecule has 0 aromatic rings. The average molecular weight is 943 g/mol. The molecule has 3 unspecified atom stereocenters. The Hall–Kier alpha value is -3.74. The van der Waals surface area contributed by atoms with Crippen molar-refractivity contribution in [2.75, 3.05) is 6.61 Å². The molecule has 0 aliphatic heterocycles. The van der Waals surface area contributed by atoms with E-state index >= 15 is 0 Å². The molecule has 0 fully saturated rings. The number of rotatable bonds is 48. The largest absolute Gasteiger partial charge is 0.458 e. The maximum Gasteiger partial charge on any atom is 0.306 e. The summed E-state index contributed by atoms with van der Waals surface area (Å²) in [6.45, 7) is 6.24. The number of nitrogens with one attached hydrogen (secondary N) is 1. The maximum absolute atomic E-state index is 13.2. The van der Waals surface area contributed by atoms with Gasteiger partial charge < -0.3 is 20.3 Å². The normalized spacial score (nSPS) is 14.1. The number of aliphatic hydroxyl groups excluding tert-OH is 2. The summed E-state index contributed by atoms with van der Waals surface area (Å²) in [5, 5.41) is 23.8. The molecule has 0 aromatic carbocycles. The lowest BCUT2D eigenvalue weighted by atomic mass is 10.0. The summed E-state index contributed by atoms with van der Waals surface area (Å²) in [6, 6.07) is -0.757. The van der Waals surface area contributed by atoms with Crippen molar-refractivity contribution in [1.82, 2.24) is 5.32 Å². The van der Waals surface area contributed by atoms with E-state index < -0.39 is 18.2 Å². The van der Waals surface area contributed by atoms with Crippen LogP contribution in [0, 0.1) is 0 Å². The number of carbonyl (C=O) groups excluding carboxylic acids is 2. The van der Waals surface area contributed by atoms with Crippen molar-refractivity contribution < 1.29 is 24.5 Å². The van der Waals surface area contributed by atoms with Crippen LogP contribution in [0.1, 0.15) is 233 Å². The van der Waals surface area contributed by atoms with Gasteiger partial charge in [-0.2, -0.15) is 0 Å². The van der Waals surface area contributed by atoms with E-state index in [1.807, 2.05) is 30.4 Å². The van der Waals surface area contributed by atoms with Gasteiger partial charge in [-0.15, -0.1) is 0 Å². The third kappa shape index (κ3) is 48.7. The monoisotopic (exact) mass is 942 g/mol. The van der Waals surface area contributed by atoms with Crippen LogP contribution in [0.5, 0.6) is 0 Å². The van der Waals surface area contributed by atoms with Crippen LogP contribution >= 0.6 is 0 Å². The first kappa shape index (κ1) is 64.3. The lowest BCUT2D eigenvalue weighted by molar-refractivity contribution is -0.148. The molecule has 68 heavy (non-hydrogen) atoms. The van der Waals surface area contributed by atoms with Crippen LogP contribution in [0.2, 0.25) is 0 Å². The first-order valence-electron chi connectivity index (χ1n) is 27.8. The van der Waals surface area contributed by atoms with Crippen LogP contribution < -0.4 is 5.32 Å². The zero-order chi connectivity index (χ0) is 49.5. The topological polar surface area (TPSA) is 95.9 Å². The molecule has 0 saturated heterocycles. The summed E-state index contributed by atoms with van der Waals surface area (Å²) in [5.74, 6) is -0.665. The van der Waals surface area contributed by atoms with E-state index in [1.54, 1.807) is 6.08 Å². The van der Waals surface area contributed by atoms with Crippen molar-refractivity contribution in [2.24, 2.45) is 0 Å². The summed E-state index contributed by atoms with van der Waals surface area (Å²) in [4.78, 5) is 26.2. The predicted molar refractivity (Wildman–Crippen MR) is 296 cm³/mol. The second-order valence-corrected chi connectivity index (χ2v) is 18.4. The average Bonchev–Trinajstić information content (AvgIpc) is 3.33. The molecule has 0 spiro atoms. The number of aliphatic hydroxyl groups is 2. The Labute approximate surface area is 419 Å². The van der Waals surface area contributed by atoms with Crippen LogP contribution in [0.3, 0.4) is 0 Å². The molecule has 6 heteroatoms. The molecule has 0 radical (unpaired) electrons. The van der Waals surface area contributed by atoms with Crippen LogP contribution in [0.4, 0.5) is 0 Å². The van der Waals surface area contributed by atoms with Gasteiger partial charge in [0.1, 0.15) is 6.10 Å². The summed E-state index contributed by atoms with van der Waals surface area (Å²) >= 11 is 0. The fourth-order valence-corrected chi connectivity index (χ4v) is 7.72. The van der Waals surface area contributed by atoms with E-state index in [0.717, 1.165) is 89.9 Å². The van der Waals surface area contributed by atoms with Crippen molar-refractivity contribution in [3.05, 3.63) is 122 Å². The smallest absolute Gasteiger partial charge is 0.306 e. The van der Waals surface area contributed by atoms with Gasteiger partial charge in [-0.05, 0) is 70.3 Å². The highest BCUT2D eigenvalue weighted by Crippen LogP contribution is 2.16. The SMILES string of the molecule is CC/C=C/C/C=C/C/C=C/C/C=C/C/C=C/C(CC(=O)NC(CO)C(O)CCCCCCCCCCCCCCCCCCC)OC(=O)CCCCCCC/C=C/C=C/C=C/C=C/C=C/CCC. The molecule has 0 saturated carbocycles. The number of hydrogen-bond donors (Lipinski definition) is 3. The lowest BCUT2D eigenvalue weighted by Crippen LogP contribution is -2.46. The molecule has 0 rings (SSSR count). The lowest BCUT2D eigenvalue weighted by Gasteiger charge is -2.23. The second-order valence-electron chi connectivity index (χ2n) is 18.4. The van der Waals surface area contributed by atoms with Crippen molar-refractivity contribution in [3.8, 4) is 0 Å². The van der Waals surface area contributed by atoms with Crippen LogP contribution in [-0.4, -0.2) is 46.9 Å². The Balaban J connectivity index is 4.73. The van der Waals surface area contributed by atoms with Crippen LogP contribution in [0.25, 0.3) is 0 Å². The van der Waals surface area contributed by atoms with Crippen molar-refractivity contribution in [2.45, 2.75) is 251 Å². The number of ether oxygens (including phenoxy) is 1. The molecule has 0 bridgehead atoms. The molecule has 0 heterocycles. The Morgan fingerprint density at radius 2 is 0.897 bits per heavy atom. The second kappa shape index (κ2) is 54.2. The number of allylic oxidation sites excluding steroid dienone is 19. The van der Waals surface area contributed by atoms with Crippen molar-refractivity contribution in [1.29, 1.82) is 0 Å². The molecule has 0 aromatic heterocycles. The minimum atomic E-state index is -0.833. The molecular formula is C62H103NO5. The summed E-state index contributed by atoms with van der Waals surface area (Å²) in [6.07, 6.45) is 75.7. The Bertz CT molecular complexity index is 1430. The number of hydrogen-bond acceptors (Lipinski definition) is 5. The quantitative estimate of drug-likeness (QED) is 0.0244. The molecule has 1 amide bonds. The first-order chi connectivity index (χ1) is 33.5. The number of amides is 1. The number of carbonyl (C=O) groups is 2. The van der Waals surface area contributed by atoms with Gasteiger partial charge in [-0.25, -0.2) is 0 Å². The van der Waals surface area contributed by atoms with E-state index in [-0.39, 0.29) is 24.9 Å². The zero-order valence-corrected chi connectivity index (χ0v) is 43.9. The highest BCUT2D eigenvalue weighted by atomic mass is 16.5. The molecule has 3 N–H and O–H groups in total. The highest BCUT2D eigenvalue weighted by Gasteiger charge is 2.23. The van der Waals surface area contributed by atoms with Gasteiger partial charge in [-0.1, -0.05) is 271 Å². The minimum absolute atomic E-state index is 0.0639. The van der Waals surface area contributed by atoms with Crippen LogP contribution in [0.15, 0.2) is 122 Å². The maximum atomic E-state index is 13.2. The highest BCUT2D eigenvalue weighted by molar-refractivity contribution is 5.78. The minimum Gasteiger partial charge on any atom is -0.458 e. The van der Waals surface area contributed by atoms with Gasteiger partial charge in [0.2, 0.25) is 5.91 Å². The molecule has 3 atom stereocenters. The molecule has 0 aliphatic carbocycles. The summed E-state index contributed by atoms with van der Waals surface area (Å²) < 4.78 is 5.83.